The number of ketones is 1. The first kappa shape index (κ1) is 13.8. The first-order chi connectivity index (χ1) is 8.77. The van der Waals surface area contributed by atoms with Crippen LogP contribution in [0.5, 0.6) is 0 Å². The molecule has 2 rings (SSSR count). The van der Waals surface area contributed by atoms with Crippen molar-refractivity contribution in [3.05, 3.63) is 34.4 Å². The monoisotopic (exact) mass is 259 g/mol. The van der Waals surface area contributed by atoms with Crippen LogP contribution in [-0.4, -0.2) is 17.2 Å². The smallest absolute Gasteiger partial charge is 0.235 e. The van der Waals surface area contributed by atoms with Gasteiger partial charge in [-0.1, -0.05) is 24.6 Å². The average molecular weight is 259 g/mol. The molecule has 1 aliphatic heterocycles. The molecule has 0 spiro atoms. The van der Waals surface area contributed by atoms with Gasteiger partial charge in [0.05, 0.1) is 5.54 Å². The molecule has 0 aromatic heterocycles. The molecule has 1 N–H and O–H groups in total. The standard InChI is InChI=1S/C16H21NO2/c1-6-11-8-9(2)7-10(3)12(11)13-14(18)16(4,5)17-15(13)19/h7-8,13H,6H2,1-5H3,(H,17,19). The Hall–Kier alpha value is -1.64. The molecule has 1 amide bonds. The van der Waals surface area contributed by atoms with Gasteiger partial charge in [0.25, 0.3) is 0 Å². The lowest BCUT2D eigenvalue weighted by Gasteiger charge is -2.18. The van der Waals surface area contributed by atoms with Gasteiger partial charge in [0, 0.05) is 0 Å². The van der Waals surface area contributed by atoms with Crippen LogP contribution >= 0.6 is 0 Å². The fourth-order valence-corrected chi connectivity index (χ4v) is 2.96. The quantitative estimate of drug-likeness (QED) is 0.829. The van der Waals surface area contributed by atoms with Crippen LogP contribution in [-0.2, 0) is 16.0 Å². The first-order valence-corrected chi connectivity index (χ1v) is 6.74. The lowest BCUT2D eigenvalue weighted by atomic mass is 9.83. The molecule has 1 fully saturated rings. The Morgan fingerprint density at radius 3 is 2.32 bits per heavy atom. The summed E-state index contributed by atoms with van der Waals surface area (Å²) in [7, 11) is 0. The summed E-state index contributed by atoms with van der Waals surface area (Å²) < 4.78 is 0. The molecule has 3 heteroatoms. The normalized spacial score (nSPS) is 21.6. The molecule has 0 bridgehead atoms. The molecule has 1 aromatic carbocycles. The third-order valence-corrected chi connectivity index (χ3v) is 3.86. The Balaban J connectivity index is 2.60. The van der Waals surface area contributed by atoms with Crippen molar-refractivity contribution in [2.45, 2.75) is 52.5 Å². The van der Waals surface area contributed by atoms with Crippen molar-refractivity contribution < 1.29 is 9.59 Å². The van der Waals surface area contributed by atoms with Gasteiger partial charge in [0.15, 0.2) is 5.78 Å². The second-order valence-corrected chi connectivity index (χ2v) is 5.92. The molecule has 19 heavy (non-hydrogen) atoms. The van der Waals surface area contributed by atoms with Gasteiger partial charge in [-0.15, -0.1) is 0 Å². The number of benzene rings is 1. The highest BCUT2D eigenvalue weighted by Gasteiger charge is 2.48. The maximum Gasteiger partial charge on any atom is 0.235 e. The van der Waals surface area contributed by atoms with E-state index in [4.69, 9.17) is 0 Å². The fraction of sp³-hybridized carbons (Fsp3) is 0.500. The summed E-state index contributed by atoms with van der Waals surface area (Å²) in [4.78, 5) is 24.6. The highest BCUT2D eigenvalue weighted by Crippen LogP contribution is 2.34. The molecule has 1 saturated heterocycles. The molecule has 1 aromatic rings. The van der Waals surface area contributed by atoms with E-state index in [1.54, 1.807) is 13.8 Å². The van der Waals surface area contributed by atoms with Crippen LogP contribution in [0.4, 0.5) is 0 Å². The summed E-state index contributed by atoms with van der Waals surface area (Å²) in [6, 6.07) is 4.12. The van der Waals surface area contributed by atoms with E-state index in [1.165, 1.54) is 5.56 Å². The van der Waals surface area contributed by atoms with E-state index >= 15 is 0 Å². The summed E-state index contributed by atoms with van der Waals surface area (Å²) in [6.07, 6.45) is 0.829. The van der Waals surface area contributed by atoms with Crippen molar-refractivity contribution in [1.82, 2.24) is 5.32 Å². The van der Waals surface area contributed by atoms with Gasteiger partial charge in [0.2, 0.25) is 5.91 Å². The number of amides is 1. The molecule has 1 aliphatic rings. The molecule has 0 radical (unpaired) electrons. The zero-order chi connectivity index (χ0) is 14.4. The average Bonchev–Trinajstić information content (AvgIpc) is 2.49. The summed E-state index contributed by atoms with van der Waals surface area (Å²) >= 11 is 0. The number of rotatable bonds is 2. The van der Waals surface area contributed by atoms with Gasteiger partial charge >= 0.3 is 0 Å². The highest BCUT2D eigenvalue weighted by atomic mass is 16.2. The van der Waals surface area contributed by atoms with Gasteiger partial charge in [-0.2, -0.15) is 0 Å². The van der Waals surface area contributed by atoms with Crippen molar-refractivity contribution >= 4 is 11.7 Å². The number of Topliss-reactive ketones (excluding diaryl/α,β-unsaturated/α-hetero) is 1. The lowest BCUT2D eigenvalue weighted by molar-refractivity contribution is -0.125. The van der Waals surface area contributed by atoms with E-state index in [0.717, 1.165) is 23.1 Å². The second-order valence-electron chi connectivity index (χ2n) is 5.92. The zero-order valence-corrected chi connectivity index (χ0v) is 12.3. The zero-order valence-electron chi connectivity index (χ0n) is 12.3. The Morgan fingerprint density at radius 2 is 1.84 bits per heavy atom. The minimum atomic E-state index is -0.760. The molecule has 1 unspecified atom stereocenters. The Kier molecular flexibility index (Phi) is 3.25. The maximum absolute atomic E-state index is 12.5. The third-order valence-electron chi connectivity index (χ3n) is 3.86. The van der Waals surface area contributed by atoms with Crippen molar-refractivity contribution in [3.63, 3.8) is 0 Å². The topological polar surface area (TPSA) is 46.2 Å². The Morgan fingerprint density at radius 1 is 1.21 bits per heavy atom. The predicted molar refractivity (Wildman–Crippen MR) is 75.3 cm³/mol. The minimum absolute atomic E-state index is 0.0286. The summed E-state index contributed by atoms with van der Waals surface area (Å²) in [5.74, 6) is -0.846. The van der Waals surface area contributed by atoms with E-state index in [9.17, 15) is 9.59 Å². The van der Waals surface area contributed by atoms with Gasteiger partial charge in [-0.05, 0) is 50.8 Å². The Bertz CT molecular complexity index is 558. The molecule has 102 valence electrons. The van der Waals surface area contributed by atoms with Crippen LogP contribution in [0.3, 0.4) is 0 Å². The Labute approximate surface area is 114 Å². The molecule has 0 aliphatic carbocycles. The van der Waals surface area contributed by atoms with Crippen molar-refractivity contribution in [2.24, 2.45) is 0 Å². The van der Waals surface area contributed by atoms with Gasteiger partial charge in [-0.3, -0.25) is 9.59 Å². The van der Waals surface area contributed by atoms with E-state index in [2.05, 4.69) is 18.3 Å². The maximum atomic E-state index is 12.5. The number of hydrogen-bond donors (Lipinski definition) is 1. The largest absolute Gasteiger partial charge is 0.343 e. The van der Waals surface area contributed by atoms with Gasteiger partial charge < -0.3 is 5.32 Å². The number of aryl methyl sites for hydroxylation is 3. The molecular formula is C16H21NO2. The number of nitrogens with one attached hydrogen (secondary N) is 1. The SMILES string of the molecule is CCc1cc(C)cc(C)c1C1C(=O)NC(C)(C)C1=O. The van der Waals surface area contributed by atoms with Crippen LogP contribution in [0, 0.1) is 13.8 Å². The van der Waals surface area contributed by atoms with E-state index < -0.39 is 11.5 Å². The van der Waals surface area contributed by atoms with E-state index in [-0.39, 0.29) is 11.7 Å². The molecule has 1 heterocycles. The fourth-order valence-electron chi connectivity index (χ4n) is 2.96. The summed E-state index contributed by atoms with van der Waals surface area (Å²) in [5, 5.41) is 2.80. The summed E-state index contributed by atoms with van der Waals surface area (Å²) in [5.41, 5.74) is 3.44. The van der Waals surface area contributed by atoms with Crippen LogP contribution in [0.25, 0.3) is 0 Å². The van der Waals surface area contributed by atoms with Crippen LogP contribution in [0.2, 0.25) is 0 Å². The minimum Gasteiger partial charge on any atom is -0.343 e. The third kappa shape index (κ3) is 2.18. The number of carbonyl (C=O) groups is 2. The molecule has 3 nitrogen and oxygen atoms in total. The highest BCUT2D eigenvalue weighted by molar-refractivity contribution is 6.17. The van der Waals surface area contributed by atoms with Crippen LogP contribution in [0.1, 0.15) is 48.9 Å². The van der Waals surface area contributed by atoms with Gasteiger partial charge in [-0.25, -0.2) is 0 Å². The van der Waals surface area contributed by atoms with E-state index in [0.29, 0.717) is 0 Å². The molecule has 1 atom stereocenters. The van der Waals surface area contributed by atoms with Gasteiger partial charge in [0.1, 0.15) is 5.92 Å². The lowest BCUT2D eigenvalue weighted by Crippen LogP contribution is -2.39. The van der Waals surface area contributed by atoms with E-state index in [1.807, 2.05) is 19.9 Å². The van der Waals surface area contributed by atoms with Crippen LogP contribution in [0.15, 0.2) is 12.1 Å². The van der Waals surface area contributed by atoms with Crippen LogP contribution < -0.4 is 5.32 Å². The van der Waals surface area contributed by atoms with Crippen molar-refractivity contribution in [3.8, 4) is 0 Å². The predicted octanol–water partition coefficient (Wildman–Crippen LogP) is 2.43. The van der Waals surface area contributed by atoms with Crippen molar-refractivity contribution in [2.75, 3.05) is 0 Å². The number of hydrogen-bond acceptors (Lipinski definition) is 2. The number of carbonyl (C=O) groups excluding carboxylic acids is 2. The molecular weight excluding hydrogens is 238 g/mol. The molecule has 0 saturated carbocycles. The summed E-state index contributed by atoms with van der Waals surface area (Å²) in [6.45, 7) is 9.61. The van der Waals surface area contributed by atoms with Crippen molar-refractivity contribution in [1.29, 1.82) is 0 Å². The second kappa shape index (κ2) is 4.48. The first-order valence-electron chi connectivity index (χ1n) is 6.74.